The van der Waals surface area contributed by atoms with Gasteiger partial charge < -0.3 is 4.74 Å². The monoisotopic (exact) mass is 400 g/mol. The summed E-state index contributed by atoms with van der Waals surface area (Å²) in [5.41, 5.74) is 6.06. The lowest BCUT2D eigenvalue weighted by Crippen LogP contribution is -1.92. The Morgan fingerprint density at radius 2 is 1.45 bits per heavy atom. The van der Waals surface area contributed by atoms with E-state index in [4.69, 9.17) is 4.74 Å². The van der Waals surface area contributed by atoms with E-state index in [9.17, 15) is 0 Å². The van der Waals surface area contributed by atoms with Crippen molar-refractivity contribution >= 4 is 22.6 Å². The predicted molar refractivity (Wildman–Crippen MR) is 101 cm³/mol. The van der Waals surface area contributed by atoms with E-state index in [0.29, 0.717) is 0 Å². The van der Waals surface area contributed by atoms with Crippen LogP contribution in [0.2, 0.25) is 0 Å². The Kier molecular flexibility index (Phi) is 4.48. The third kappa shape index (κ3) is 3.02. The smallest absolute Gasteiger partial charge is 0.133 e. The summed E-state index contributed by atoms with van der Waals surface area (Å²) in [4.78, 5) is 0. The van der Waals surface area contributed by atoms with Gasteiger partial charge >= 0.3 is 0 Å². The van der Waals surface area contributed by atoms with Gasteiger partial charge in [0.25, 0.3) is 0 Å². The molecule has 0 saturated heterocycles. The number of hydrogen-bond donors (Lipinski definition) is 0. The number of halogens is 1. The minimum absolute atomic E-state index is 0.914. The van der Waals surface area contributed by atoms with Gasteiger partial charge in [-0.3, -0.25) is 0 Å². The van der Waals surface area contributed by atoms with E-state index in [1.807, 2.05) is 6.07 Å². The predicted octanol–water partition coefficient (Wildman–Crippen LogP) is 5.94. The zero-order chi connectivity index (χ0) is 15.5. The van der Waals surface area contributed by atoms with Crippen molar-refractivity contribution in [2.24, 2.45) is 0 Å². The van der Waals surface area contributed by atoms with E-state index < -0.39 is 0 Å². The third-order valence-electron chi connectivity index (χ3n) is 3.73. The van der Waals surface area contributed by atoms with Crippen LogP contribution < -0.4 is 4.74 Å². The molecule has 0 bridgehead atoms. The molecule has 22 heavy (non-hydrogen) atoms. The van der Waals surface area contributed by atoms with Gasteiger partial charge in [0.15, 0.2) is 0 Å². The average molecular weight is 400 g/mol. The van der Waals surface area contributed by atoms with Crippen molar-refractivity contribution in [1.29, 1.82) is 0 Å². The maximum absolute atomic E-state index is 5.59. The van der Waals surface area contributed by atoms with Crippen molar-refractivity contribution in [3.8, 4) is 28.0 Å². The fourth-order valence-corrected chi connectivity index (χ4v) is 3.33. The Hall–Kier alpha value is -1.81. The van der Waals surface area contributed by atoms with Gasteiger partial charge in [0.1, 0.15) is 5.75 Å². The number of ether oxygens (including phenoxy) is 1. The molecule has 0 unspecified atom stereocenters. The van der Waals surface area contributed by atoms with Crippen LogP contribution in [0, 0.1) is 10.5 Å². The van der Waals surface area contributed by atoms with Crippen LogP contribution in [0.1, 0.15) is 5.56 Å². The number of methoxy groups -OCH3 is 1. The SMILES string of the molecule is COc1cc(-c2ccccc2)cc(-c2ccc(C)cc2)c1I. The van der Waals surface area contributed by atoms with Crippen LogP contribution in [0.15, 0.2) is 66.7 Å². The second kappa shape index (κ2) is 6.53. The standard InChI is InChI=1S/C20H17IO/c1-14-8-10-16(11-9-14)18-12-17(13-19(22-2)20(18)21)15-6-4-3-5-7-15/h3-13H,1-2H3. The highest BCUT2D eigenvalue weighted by Gasteiger charge is 2.12. The molecule has 0 atom stereocenters. The summed E-state index contributed by atoms with van der Waals surface area (Å²) in [7, 11) is 1.73. The van der Waals surface area contributed by atoms with Gasteiger partial charge in [0, 0.05) is 0 Å². The minimum Gasteiger partial charge on any atom is -0.496 e. The quantitative estimate of drug-likeness (QED) is 0.495. The Bertz CT molecular complexity index is 777. The fourth-order valence-electron chi connectivity index (χ4n) is 2.49. The summed E-state index contributed by atoms with van der Waals surface area (Å²) < 4.78 is 6.73. The van der Waals surface area contributed by atoms with Gasteiger partial charge in [-0.15, -0.1) is 0 Å². The normalized spacial score (nSPS) is 10.5. The first-order valence-corrected chi connectivity index (χ1v) is 8.27. The van der Waals surface area contributed by atoms with Crippen molar-refractivity contribution in [3.05, 3.63) is 75.9 Å². The summed E-state index contributed by atoms with van der Waals surface area (Å²) in [6, 6.07) is 23.4. The van der Waals surface area contributed by atoms with E-state index >= 15 is 0 Å². The Balaban J connectivity index is 2.19. The molecule has 2 heteroatoms. The van der Waals surface area contributed by atoms with Crippen LogP contribution in [0.5, 0.6) is 5.75 Å². The second-order valence-corrected chi connectivity index (χ2v) is 6.35. The van der Waals surface area contributed by atoms with Crippen LogP contribution in [-0.4, -0.2) is 7.11 Å². The van der Waals surface area contributed by atoms with Crippen LogP contribution in [0.3, 0.4) is 0 Å². The maximum atomic E-state index is 5.59. The van der Waals surface area contributed by atoms with Gasteiger partial charge in [0.2, 0.25) is 0 Å². The molecule has 0 aromatic heterocycles. The van der Waals surface area contributed by atoms with Gasteiger partial charge in [-0.05, 0) is 63.9 Å². The highest BCUT2D eigenvalue weighted by atomic mass is 127. The number of benzene rings is 3. The van der Waals surface area contributed by atoms with E-state index in [1.54, 1.807) is 7.11 Å². The molecule has 0 radical (unpaired) electrons. The zero-order valence-electron chi connectivity index (χ0n) is 12.6. The number of rotatable bonds is 3. The summed E-state index contributed by atoms with van der Waals surface area (Å²) in [5, 5.41) is 0. The molecular formula is C20H17IO. The Labute approximate surface area is 145 Å². The van der Waals surface area contributed by atoms with Crippen molar-refractivity contribution < 1.29 is 4.74 Å². The lowest BCUT2D eigenvalue weighted by molar-refractivity contribution is 0.412. The Morgan fingerprint density at radius 1 is 0.773 bits per heavy atom. The molecule has 0 N–H and O–H groups in total. The van der Waals surface area contributed by atoms with Crippen molar-refractivity contribution in [1.82, 2.24) is 0 Å². The van der Waals surface area contributed by atoms with Gasteiger partial charge in [-0.2, -0.15) is 0 Å². The Morgan fingerprint density at radius 3 is 2.09 bits per heavy atom. The third-order valence-corrected chi connectivity index (χ3v) is 4.84. The van der Waals surface area contributed by atoms with Crippen molar-refractivity contribution in [2.75, 3.05) is 7.11 Å². The maximum Gasteiger partial charge on any atom is 0.133 e. The summed E-state index contributed by atoms with van der Waals surface area (Å²) >= 11 is 2.36. The lowest BCUT2D eigenvalue weighted by Gasteiger charge is -2.13. The highest BCUT2D eigenvalue weighted by Crippen LogP contribution is 2.37. The van der Waals surface area contributed by atoms with E-state index in [0.717, 1.165) is 9.32 Å². The molecule has 3 rings (SSSR count). The zero-order valence-corrected chi connectivity index (χ0v) is 14.8. The average Bonchev–Trinajstić information content (AvgIpc) is 2.57. The van der Waals surface area contributed by atoms with E-state index in [1.165, 1.54) is 27.8 Å². The summed E-state index contributed by atoms with van der Waals surface area (Å²) in [6.07, 6.45) is 0. The molecule has 0 fully saturated rings. The van der Waals surface area contributed by atoms with E-state index in [2.05, 4.69) is 90.2 Å². The molecule has 0 amide bonds. The van der Waals surface area contributed by atoms with Crippen LogP contribution >= 0.6 is 22.6 Å². The van der Waals surface area contributed by atoms with Gasteiger partial charge in [-0.25, -0.2) is 0 Å². The second-order valence-electron chi connectivity index (χ2n) is 5.27. The molecule has 0 aliphatic carbocycles. The van der Waals surface area contributed by atoms with Crippen molar-refractivity contribution in [3.63, 3.8) is 0 Å². The molecule has 0 aliphatic rings. The van der Waals surface area contributed by atoms with Crippen LogP contribution in [0.25, 0.3) is 22.3 Å². The highest BCUT2D eigenvalue weighted by molar-refractivity contribution is 14.1. The summed E-state index contributed by atoms with van der Waals surface area (Å²) in [5.74, 6) is 0.914. The molecule has 0 saturated carbocycles. The summed E-state index contributed by atoms with van der Waals surface area (Å²) in [6.45, 7) is 2.11. The molecule has 0 aliphatic heterocycles. The molecule has 0 spiro atoms. The minimum atomic E-state index is 0.914. The first-order valence-electron chi connectivity index (χ1n) is 7.19. The van der Waals surface area contributed by atoms with Gasteiger partial charge in [0.05, 0.1) is 10.7 Å². The van der Waals surface area contributed by atoms with Gasteiger partial charge in [-0.1, -0.05) is 60.2 Å². The molecule has 3 aromatic rings. The topological polar surface area (TPSA) is 9.23 Å². The molecular weight excluding hydrogens is 383 g/mol. The van der Waals surface area contributed by atoms with Crippen molar-refractivity contribution in [2.45, 2.75) is 6.92 Å². The van der Waals surface area contributed by atoms with Crippen LogP contribution in [0.4, 0.5) is 0 Å². The molecule has 0 heterocycles. The largest absolute Gasteiger partial charge is 0.496 e. The molecule has 1 nitrogen and oxygen atoms in total. The molecule has 110 valence electrons. The number of hydrogen-bond acceptors (Lipinski definition) is 1. The fraction of sp³-hybridized carbons (Fsp3) is 0.100. The number of aryl methyl sites for hydroxylation is 1. The first kappa shape index (κ1) is 15.1. The lowest BCUT2D eigenvalue weighted by atomic mass is 9.98. The molecule has 3 aromatic carbocycles. The van der Waals surface area contributed by atoms with E-state index in [-0.39, 0.29) is 0 Å². The first-order chi connectivity index (χ1) is 10.7. The van der Waals surface area contributed by atoms with Crippen LogP contribution in [-0.2, 0) is 0 Å².